The van der Waals surface area contributed by atoms with E-state index in [1.54, 1.807) is 0 Å². The summed E-state index contributed by atoms with van der Waals surface area (Å²) in [7, 11) is 0. The third-order valence-corrected chi connectivity index (χ3v) is 2.08. The van der Waals surface area contributed by atoms with Crippen LogP contribution in [0.15, 0.2) is 24.3 Å². The van der Waals surface area contributed by atoms with E-state index in [4.69, 9.17) is 9.47 Å². The van der Waals surface area contributed by atoms with Gasteiger partial charge in [-0.25, -0.2) is 0 Å². The highest BCUT2D eigenvalue weighted by molar-refractivity contribution is 5.69. The number of rotatable bonds is 7. The van der Waals surface area contributed by atoms with Gasteiger partial charge in [0.2, 0.25) is 0 Å². The molecule has 118 valence electrons. The second kappa shape index (κ2) is 10.5. The number of carboxylic acids is 2. The zero-order chi connectivity index (χ0) is 16.3. The maximum absolute atomic E-state index is 10.4. The van der Waals surface area contributed by atoms with Crippen LogP contribution in [0.3, 0.4) is 0 Å². The highest BCUT2D eigenvalue weighted by atomic mass is 16.5. The molecule has 0 saturated heterocycles. The molecule has 0 aliphatic heterocycles. The van der Waals surface area contributed by atoms with E-state index in [1.165, 1.54) is 31.2 Å². The van der Waals surface area contributed by atoms with E-state index in [-0.39, 0.29) is 0 Å². The summed E-state index contributed by atoms with van der Waals surface area (Å²) in [5.74, 6) is -2.00. The van der Waals surface area contributed by atoms with Crippen molar-refractivity contribution in [2.45, 2.75) is 13.0 Å². The van der Waals surface area contributed by atoms with Gasteiger partial charge >= 0.3 is 0 Å². The number of carbonyl (C=O) groups is 2. The van der Waals surface area contributed by atoms with Gasteiger partial charge in [-0.2, -0.15) is 0 Å². The van der Waals surface area contributed by atoms with Gasteiger partial charge in [0.1, 0.15) is 37.3 Å². The lowest BCUT2D eigenvalue weighted by Gasteiger charge is -2.15. The molecule has 8 heteroatoms. The summed E-state index contributed by atoms with van der Waals surface area (Å²) in [6, 6.07) is 5.84. The van der Waals surface area contributed by atoms with Crippen molar-refractivity contribution in [3.05, 3.63) is 24.3 Å². The summed E-state index contributed by atoms with van der Waals surface area (Å²) >= 11 is 0. The van der Waals surface area contributed by atoms with Crippen LogP contribution in [0.25, 0.3) is 0 Å². The lowest BCUT2D eigenvalue weighted by atomic mass is 10.3. The minimum atomic E-state index is -1.32. The topological polar surface area (TPSA) is 154 Å². The summed E-state index contributed by atoms with van der Waals surface area (Å²) in [4.78, 5) is 20.5. The molecule has 0 bridgehead atoms. The largest absolute Gasteiger partial charge is 0.546 e. The molecule has 0 aromatic heterocycles. The summed E-state index contributed by atoms with van der Waals surface area (Å²) in [5, 5.41) is 20.5. The molecular formula is C13H20N2O6. The first kappa shape index (κ1) is 18.7. The van der Waals surface area contributed by atoms with Gasteiger partial charge in [0, 0.05) is 0 Å². The Morgan fingerprint density at radius 3 is 1.95 bits per heavy atom. The lowest BCUT2D eigenvalue weighted by Crippen LogP contribution is -2.64. The van der Waals surface area contributed by atoms with Gasteiger partial charge in [-0.1, -0.05) is 0 Å². The SMILES string of the molecule is C[C@@H](Oc1ccc(OCC(=O)[O-])cc1)C(=O)[O-].[NH3+]CC[NH3+]. The first-order valence-corrected chi connectivity index (χ1v) is 6.29. The number of quaternary nitrogens is 2. The molecule has 0 saturated carbocycles. The molecule has 0 unspecified atom stereocenters. The summed E-state index contributed by atoms with van der Waals surface area (Å²) < 4.78 is 9.84. The number of carbonyl (C=O) groups excluding carboxylic acids is 2. The molecule has 0 fully saturated rings. The fourth-order valence-corrected chi connectivity index (χ4v) is 1.01. The van der Waals surface area contributed by atoms with Crippen LogP contribution >= 0.6 is 0 Å². The van der Waals surface area contributed by atoms with Crippen molar-refractivity contribution in [1.82, 2.24) is 0 Å². The standard InChI is InChI=1S/C11H12O6.C2H8N2/c1-7(11(14)15)17-9-4-2-8(3-5-9)16-6-10(12)13;3-1-2-4/h2-5,7H,6H2,1H3,(H,12,13)(H,14,15);1-4H2/t7-;/m1./s1. The van der Waals surface area contributed by atoms with E-state index in [1.807, 2.05) is 0 Å². The third-order valence-electron chi connectivity index (χ3n) is 2.08. The smallest absolute Gasteiger partial charge is 0.135 e. The molecule has 0 aliphatic rings. The maximum atomic E-state index is 10.4. The molecule has 1 rings (SSSR count). The second-order valence-electron chi connectivity index (χ2n) is 3.92. The summed E-state index contributed by atoms with van der Waals surface area (Å²) in [6.07, 6.45) is -1.06. The van der Waals surface area contributed by atoms with Crippen LogP contribution < -0.4 is 31.2 Å². The maximum Gasteiger partial charge on any atom is 0.135 e. The Kier molecular flexibility index (Phi) is 9.31. The summed E-state index contributed by atoms with van der Waals surface area (Å²) in [5.41, 5.74) is 7.08. The highest BCUT2D eigenvalue weighted by Gasteiger charge is 2.04. The zero-order valence-corrected chi connectivity index (χ0v) is 11.9. The Hall–Kier alpha value is -2.32. The van der Waals surface area contributed by atoms with Crippen LogP contribution in [0.2, 0.25) is 0 Å². The van der Waals surface area contributed by atoms with Crippen molar-refractivity contribution in [3.8, 4) is 11.5 Å². The number of aliphatic carboxylic acids is 2. The quantitative estimate of drug-likeness (QED) is 0.520. The first-order valence-electron chi connectivity index (χ1n) is 6.29. The fourth-order valence-electron chi connectivity index (χ4n) is 1.01. The van der Waals surface area contributed by atoms with Crippen molar-refractivity contribution in [2.75, 3.05) is 19.7 Å². The Balaban J connectivity index is 0.000000885. The molecule has 0 amide bonds. The molecule has 0 aliphatic carbocycles. The predicted molar refractivity (Wildman–Crippen MR) is 67.6 cm³/mol. The number of carboxylic acid groups (broad SMARTS) is 2. The van der Waals surface area contributed by atoms with Crippen molar-refractivity contribution >= 4 is 11.9 Å². The van der Waals surface area contributed by atoms with Gasteiger partial charge in [-0.05, 0) is 31.2 Å². The van der Waals surface area contributed by atoms with E-state index >= 15 is 0 Å². The average molecular weight is 300 g/mol. The van der Waals surface area contributed by atoms with Gasteiger partial charge in [0.05, 0.1) is 11.9 Å². The minimum Gasteiger partial charge on any atom is -0.546 e. The number of benzene rings is 1. The molecule has 6 N–H and O–H groups in total. The molecule has 21 heavy (non-hydrogen) atoms. The van der Waals surface area contributed by atoms with E-state index in [2.05, 4.69) is 11.5 Å². The van der Waals surface area contributed by atoms with Crippen molar-refractivity contribution in [2.24, 2.45) is 0 Å². The fraction of sp³-hybridized carbons (Fsp3) is 0.385. The second-order valence-corrected chi connectivity index (χ2v) is 3.92. The minimum absolute atomic E-state index is 0.322. The molecular weight excluding hydrogens is 280 g/mol. The van der Waals surface area contributed by atoms with Gasteiger partial charge < -0.3 is 40.7 Å². The molecule has 0 radical (unpaired) electrons. The third kappa shape index (κ3) is 9.25. The lowest BCUT2D eigenvalue weighted by molar-refractivity contribution is -0.453. The van der Waals surface area contributed by atoms with Gasteiger partial charge in [0.25, 0.3) is 0 Å². The van der Waals surface area contributed by atoms with Crippen LogP contribution in [0, 0.1) is 0 Å². The zero-order valence-electron chi connectivity index (χ0n) is 11.9. The van der Waals surface area contributed by atoms with Crippen molar-refractivity contribution in [3.63, 3.8) is 0 Å². The van der Waals surface area contributed by atoms with E-state index in [0.29, 0.717) is 11.5 Å². The number of ether oxygens (including phenoxy) is 2. The van der Waals surface area contributed by atoms with Crippen LogP contribution in [0.1, 0.15) is 6.92 Å². The first-order chi connectivity index (χ1) is 9.90. The molecule has 1 atom stereocenters. The Bertz CT molecular complexity index is 433. The Morgan fingerprint density at radius 2 is 1.57 bits per heavy atom. The molecule has 8 nitrogen and oxygen atoms in total. The number of hydrogen-bond donors (Lipinski definition) is 2. The Labute approximate surface area is 122 Å². The van der Waals surface area contributed by atoms with E-state index in [9.17, 15) is 19.8 Å². The van der Waals surface area contributed by atoms with Crippen LogP contribution in [0.4, 0.5) is 0 Å². The highest BCUT2D eigenvalue weighted by Crippen LogP contribution is 2.18. The monoisotopic (exact) mass is 300 g/mol. The normalized spacial score (nSPS) is 10.8. The average Bonchev–Trinajstić information content (AvgIpc) is 2.46. The van der Waals surface area contributed by atoms with Gasteiger partial charge in [0.15, 0.2) is 0 Å². The molecule has 1 aromatic rings. The van der Waals surface area contributed by atoms with Crippen LogP contribution in [0.5, 0.6) is 11.5 Å². The van der Waals surface area contributed by atoms with Crippen molar-refractivity contribution in [1.29, 1.82) is 0 Å². The molecule has 0 spiro atoms. The number of hydrogen-bond acceptors (Lipinski definition) is 6. The predicted octanol–water partition coefficient (Wildman–Crippen LogP) is -4.20. The van der Waals surface area contributed by atoms with E-state index in [0.717, 1.165) is 13.1 Å². The molecule has 0 heterocycles. The van der Waals surface area contributed by atoms with Crippen LogP contribution in [-0.2, 0) is 9.59 Å². The Morgan fingerprint density at radius 1 is 1.10 bits per heavy atom. The van der Waals surface area contributed by atoms with Crippen molar-refractivity contribution < 1.29 is 40.7 Å². The van der Waals surface area contributed by atoms with Gasteiger partial charge in [-0.15, -0.1) is 0 Å². The van der Waals surface area contributed by atoms with E-state index < -0.39 is 24.6 Å². The summed E-state index contributed by atoms with van der Waals surface area (Å²) in [6.45, 7) is 2.71. The molecule has 1 aromatic carbocycles. The van der Waals surface area contributed by atoms with Gasteiger partial charge in [-0.3, -0.25) is 0 Å². The van der Waals surface area contributed by atoms with Crippen LogP contribution in [-0.4, -0.2) is 37.7 Å².